The average molecular weight is 420 g/mol. The number of benzene rings is 2. The number of amides is 1. The zero-order chi connectivity index (χ0) is 21.3. The molecule has 2 heterocycles. The van der Waals surface area contributed by atoms with Gasteiger partial charge in [0.1, 0.15) is 5.39 Å². The number of nitrogens with zero attached hydrogens (tertiary/aromatic N) is 3. The van der Waals surface area contributed by atoms with Crippen LogP contribution in [-0.4, -0.2) is 31.4 Å². The van der Waals surface area contributed by atoms with Crippen LogP contribution in [0.5, 0.6) is 0 Å². The van der Waals surface area contributed by atoms with Crippen LogP contribution in [0.4, 0.5) is 5.69 Å². The van der Waals surface area contributed by atoms with E-state index < -0.39 is 0 Å². The average Bonchev–Trinajstić information content (AvgIpc) is 3.15. The second kappa shape index (κ2) is 8.16. The molecule has 2 N–H and O–H groups in total. The molecule has 0 aliphatic rings. The van der Waals surface area contributed by atoms with Crippen molar-refractivity contribution < 1.29 is 4.79 Å². The third-order valence-electron chi connectivity index (χ3n) is 4.90. The van der Waals surface area contributed by atoms with Crippen molar-refractivity contribution >= 4 is 34.4 Å². The Kier molecular flexibility index (Phi) is 5.41. The van der Waals surface area contributed by atoms with Gasteiger partial charge in [-0.05, 0) is 50.1 Å². The van der Waals surface area contributed by atoms with Gasteiger partial charge < -0.3 is 10.3 Å². The number of fused-ring (bicyclic) bond motifs is 1. The van der Waals surface area contributed by atoms with Crippen LogP contribution < -0.4 is 10.9 Å². The summed E-state index contributed by atoms with van der Waals surface area (Å²) in [4.78, 5) is 32.1. The fourth-order valence-corrected chi connectivity index (χ4v) is 3.73. The van der Waals surface area contributed by atoms with Gasteiger partial charge in [0.15, 0.2) is 10.8 Å². The number of carbonyl (C=O) groups excluding carboxylic acids is 1. The molecule has 7 nitrogen and oxygen atoms in total. The van der Waals surface area contributed by atoms with Gasteiger partial charge in [-0.2, -0.15) is 5.10 Å². The number of hydrogen-bond donors (Lipinski definition) is 2. The monoisotopic (exact) mass is 419 g/mol. The van der Waals surface area contributed by atoms with Crippen LogP contribution in [0, 0.1) is 20.8 Å². The second-order valence-corrected chi connectivity index (χ2v) is 8.05. The maximum absolute atomic E-state index is 12.5. The Morgan fingerprint density at radius 1 is 1.13 bits per heavy atom. The van der Waals surface area contributed by atoms with E-state index in [9.17, 15) is 9.59 Å². The van der Waals surface area contributed by atoms with Crippen molar-refractivity contribution in [1.29, 1.82) is 0 Å². The highest BCUT2D eigenvalue weighted by atomic mass is 32.2. The molecule has 0 unspecified atom stereocenters. The molecule has 0 fully saturated rings. The van der Waals surface area contributed by atoms with Gasteiger partial charge in [-0.15, -0.1) is 0 Å². The summed E-state index contributed by atoms with van der Waals surface area (Å²) >= 11 is 1.17. The third kappa shape index (κ3) is 3.99. The first-order valence-electron chi connectivity index (χ1n) is 9.46. The molecule has 152 valence electrons. The lowest BCUT2D eigenvalue weighted by Gasteiger charge is -2.09. The first-order chi connectivity index (χ1) is 14.4. The smallest absolute Gasteiger partial charge is 0.262 e. The maximum Gasteiger partial charge on any atom is 0.262 e. The Bertz CT molecular complexity index is 1290. The number of hydrogen-bond acceptors (Lipinski definition) is 5. The van der Waals surface area contributed by atoms with E-state index in [-0.39, 0.29) is 17.2 Å². The number of aryl methyl sites for hydroxylation is 2. The van der Waals surface area contributed by atoms with Crippen molar-refractivity contribution in [2.75, 3.05) is 11.1 Å². The Balaban J connectivity index is 1.58. The SMILES string of the molecule is Cc1ccc(NC(=O)CSc2nc3c(cnn3-c3cccc(C)c3C)c(=O)[nH]2)cc1. The molecular formula is C22H21N5O2S. The van der Waals surface area contributed by atoms with E-state index in [0.717, 1.165) is 28.1 Å². The van der Waals surface area contributed by atoms with E-state index in [0.29, 0.717) is 16.2 Å². The van der Waals surface area contributed by atoms with Crippen LogP contribution in [0.3, 0.4) is 0 Å². The van der Waals surface area contributed by atoms with E-state index in [1.807, 2.05) is 63.2 Å². The van der Waals surface area contributed by atoms with Crippen LogP contribution in [-0.2, 0) is 4.79 Å². The van der Waals surface area contributed by atoms with Crippen molar-refractivity contribution in [3.8, 4) is 5.69 Å². The normalized spacial score (nSPS) is 11.0. The number of anilines is 1. The molecule has 0 bridgehead atoms. The zero-order valence-electron chi connectivity index (χ0n) is 16.9. The molecular weight excluding hydrogens is 398 g/mol. The number of rotatable bonds is 5. The van der Waals surface area contributed by atoms with E-state index in [1.54, 1.807) is 4.68 Å². The first kappa shape index (κ1) is 19.9. The Labute approximate surface area is 177 Å². The number of nitrogens with one attached hydrogen (secondary N) is 2. The third-order valence-corrected chi connectivity index (χ3v) is 5.77. The second-order valence-electron chi connectivity index (χ2n) is 7.09. The van der Waals surface area contributed by atoms with Gasteiger partial charge in [0.25, 0.3) is 5.56 Å². The van der Waals surface area contributed by atoms with Crippen LogP contribution >= 0.6 is 11.8 Å². The van der Waals surface area contributed by atoms with E-state index in [4.69, 9.17) is 0 Å². The lowest BCUT2D eigenvalue weighted by molar-refractivity contribution is -0.113. The fourth-order valence-electron chi connectivity index (χ4n) is 3.08. The molecule has 0 saturated heterocycles. The van der Waals surface area contributed by atoms with Crippen LogP contribution in [0.25, 0.3) is 16.7 Å². The highest BCUT2D eigenvalue weighted by Gasteiger charge is 2.14. The predicted octanol–water partition coefficient (Wildman–Crippen LogP) is 3.76. The van der Waals surface area contributed by atoms with Gasteiger partial charge >= 0.3 is 0 Å². The minimum Gasteiger partial charge on any atom is -0.325 e. The minimum atomic E-state index is -0.280. The highest BCUT2D eigenvalue weighted by Crippen LogP contribution is 2.22. The summed E-state index contributed by atoms with van der Waals surface area (Å²) < 4.78 is 1.67. The van der Waals surface area contributed by atoms with Crippen LogP contribution in [0.2, 0.25) is 0 Å². The number of carbonyl (C=O) groups is 1. The summed E-state index contributed by atoms with van der Waals surface area (Å²) in [6, 6.07) is 13.5. The summed E-state index contributed by atoms with van der Waals surface area (Å²) in [7, 11) is 0. The van der Waals surface area contributed by atoms with Gasteiger partial charge in [-0.1, -0.05) is 41.6 Å². The standard InChI is InChI=1S/C22H21N5O2S/c1-13-7-9-16(10-8-13)24-19(28)12-30-22-25-20-17(21(29)26-22)11-23-27(20)18-6-4-5-14(2)15(18)3/h4-11H,12H2,1-3H3,(H,24,28)(H,25,26,29). The van der Waals surface area contributed by atoms with E-state index in [2.05, 4.69) is 20.4 Å². The van der Waals surface area contributed by atoms with Gasteiger partial charge in [0.2, 0.25) is 5.91 Å². The molecule has 0 atom stereocenters. The molecule has 0 saturated carbocycles. The molecule has 2 aromatic carbocycles. The lowest BCUT2D eigenvalue weighted by atomic mass is 10.1. The van der Waals surface area contributed by atoms with Crippen molar-refractivity contribution in [3.63, 3.8) is 0 Å². The van der Waals surface area contributed by atoms with Gasteiger partial charge in [-0.25, -0.2) is 9.67 Å². The van der Waals surface area contributed by atoms with E-state index in [1.165, 1.54) is 18.0 Å². The van der Waals surface area contributed by atoms with E-state index >= 15 is 0 Å². The highest BCUT2D eigenvalue weighted by molar-refractivity contribution is 7.99. The topological polar surface area (TPSA) is 92.7 Å². The molecule has 0 spiro atoms. The van der Waals surface area contributed by atoms with Crippen molar-refractivity contribution in [2.24, 2.45) is 0 Å². The van der Waals surface area contributed by atoms with Gasteiger partial charge in [-0.3, -0.25) is 9.59 Å². The Morgan fingerprint density at radius 2 is 1.90 bits per heavy atom. The summed E-state index contributed by atoms with van der Waals surface area (Å²) in [5.41, 5.74) is 5.11. The summed E-state index contributed by atoms with van der Waals surface area (Å²) in [5.74, 6) is -0.0467. The van der Waals surface area contributed by atoms with Crippen molar-refractivity contribution in [2.45, 2.75) is 25.9 Å². The largest absolute Gasteiger partial charge is 0.325 e. The predicted molar refractivity (Wildman–Crippen MR) is 119 cm³/mol. The molecule has 0 aliphatic heterocycles. The summed E-state index contributed by atoms with van der Waals surface area (Å²) in [6.45, 7) is 6.03. The zero-order valence-corrected chi connectivity index (χ0v) is 17.7. The Hall–Kier alpha value is -3.39. The molecule has 30 heavy (non-hydrogen) atoms. The summed E-state index contributed by atoms with van der Waals surface area (Å²) in [5, 5.41) is 7.99. The molecule has 8 heteroatoms. The molecule has 0 radical (unpaired) electrons. The quantitative estimate of drug-likeness (QED) is 0.379. The van der Waals surface area contributed by atoms with Gasteiger partial charge in [0.05, 0.1) is 17.6 Å². The number of aromatic amines is 1. The van der Waals surface area contributed by atoms with Crippen LogP contribution in [0.1, 0.15) is 16.7 Å². The number of aromatic nitrogens is 4. The molecule has 4 aromatic rings. The van der Waals surface area contributed by atoms with Crippen LogP contribution in [0.15, 0.2) is 58.6 Å². The maximum atomic E-state index is 12.5. The molecule has 2 aromatic heterocycles. The van der Waals surface area contributed by atoms with Crippen molar-refractivity contribution in [1.82, 2.24) is 19.7 Å². The first-order valence-corrected chi connectivity index (χ1v) is 10.4. The fraction of sp³-hybridized carbons (Fsp3) is 0.182. The van der Waals surface area contributed by atoms with Crippen molar-refractivity contribution in [3.05, 3.63) is 75.7 Å². The van der Waals surface area contributed by atoms with Gasteiger partial charge in [0, 0.05) is 5.69 Å². The lowest BCUT2D eigenvalue weighted by Crippen LogP contribution is -2.15. The Morgan fingerprint density at radius 3 is 2.67 bits per heavy atom. The summed E-state index contributed by atoms with van der Waals surface area (Å²) in [6.07, 6.45) is 1.52. The molecule has 0 aliphatic carbocycles. The number of thioether (sulfide) groups is 1. The number of H-pyrrole nitrogens is 1. The molecule has 4 rings (SSSR count). The molecule has 1 amide bonds. The minimum absolute atomic E-state index is 0.125.